The average Bonchev–Trinajstić information content (AvgIpc) is 3.12. The fourth-order valence-electron chi connectivity index (χ4n) is 2.27. The molecule has 0 radical (unpaired) electrons. The summed E-state index contributed by atoms with van der Waals surface area (Å²) in [5, 5.41) is 7.00. The van der Waals surface area contributed by atoms with Gasteiger partial charge in [-0.15, -0.1) is 0 Å². The predicted molar refractivity (Wildman–Crippen MR) is 77.7 cm³/mol. The van der Waals surface area contributed by atoms with E-state index in [-0.39, 0.29) is 5.91 Å². The molecule has 0 aliphatic carbocycles. The van der Waals surface area contributed by atoms with Gasteiger partial charge in [0.25, 0.3) is 5.91 Å². The van der Waals surface area contributed by atoms with E-state index in [0.717, 1.165) is 17.7 Å². The van der Waals surface area contributed by atoms with Crippen LogP contribution in [0.2, 0.25) is 0 Å². The van der Waals surface area contributed by atoms with Crippen LogP contribution in [0.15, 0.2) is 30.6 Å². The topological polar surface area (TPSA) is 65.4 Å². The number of nitrogens with zero attached hydrogens (tertiary/aromatic N) is 2. The fourth-order valence-corrected chi connectivity index (χ4v) is 2.27. The molecule has 1 amide bonds. The van der Waals surface area contributed by atoms with Crippen molar-refractivity contribution in [3.8, 4) is 5.75 Å². The van der Waals surface area contributed by atoms with Crippen molar-refractivity contribution in [3.63, 3.8) is 0 Å². The van der Waals surface area contributed by atoms with Crippen LogP contribution in [0, 0.1) is 0 Å². The first kappa shape index (κ1) is 13.6. The Kier molecular flexibility index (Phi) is 3.87. The number of carbonyl (C=O) groups excluding carboxylic acids is 1. The van der Waals surface area contributed by atoms with Crippen LogP contribution in [0.25, 0.3) is 0 Å². The molecule has 6 nitrogen and oxygen atoms in total. The highest BCUT2D eigenvalue weighted by Crippen LogP contribution is 2.26. The monoisotopic (exact) mass is 287 g/mol. The molecule has 0 atom stereocenters. The molecule has 1 aromatic carbocycles. The van der Waals surface area contributed by atoms with Crippen LogP contribution < -0.4 is 10.1 Å². The number of ether oxygens (including phenoxy) is 2. The second-order valence-corrected chi connectivity index (χ2v) is 4.86. The number of rotatable bonds is 5. The molecule has 6 heteroatoms. The van der Waals surface area contributed by atoms with Crippen LogP contribution in [-0.4, -0.2) is 36.0 Å². The summed E-state index contributed by atoms with van der Waals surface area (Å²) in [6.45, 7) is 1.93. The lowest BCUT2D eigenvalue weighted by Crippen LogP contribution is -2.11. The quantitative estimate of drug-likeness (QED) is 0.909. The highest BCUT2D eigenvalue weighted by molar-refractivity contribution is 6.04. The van der Waals surface area contributed by atoms with Gasteiger partial charge in [0, 0.05) is 25.3 Å². The van der Waals surface area contributed by atoms with E-state index in [2.05, 4.69) is 10.4 Å². The Morgan fingerprint density at radius 1 is 1.52 bits per heavy atom. The van der Waals surface area contributed by atoms with Crippen molar-refractivity contribution in [1.82, 2.24) is 9.78 Å². The highest BCUT2D eigenvalue weighted by atomic mass is 16.5. The van der Waals surface area contributed by atoms with Gasteiger partial charge < -0.3 is 14.8 Å². The SMILES string of the molecule is COCCn1cc(NC(=O)c2ccc3c(c2)CCO3)cn1. The first-order chi connectivity index (χ1) is 10.3. The number of carbonyl (C=O) groups is 1. The first-order valence-electron chi connectivity index (χ1n) is 6.85. The van der Waals surface area contributed by atoms with Crippen LogP contribution in [0.5, 0.6) is 5.75 Å². The lowest BCUT2D eigenvalue weighted by molar-refractivity contribution is 0.102. The number of anilines is 1. The number of methoxy groups -OCH3 is 1. The molecule has 2 aromatic rings. The van der Waals surface area contributed by atoms with Gasteiger partial charge in [0.05, 0.1) is 31.6 Å². The summed E-state index contributed by atoms with van der Waals surface area (Å²) in [7, 11) is 1.64. The molecular formula is C15H17N3O3. The van der Waals surface area contributed by atoms with E-state index < -0.39 is 0 Å². The standard InChI is InChI=1S/C15H17N3O3/c1-20-7-5-18-10-13(9-16-18)17-15(19)12-2-3-14-11(8-12)4-6-21-14/h2-3,8-10H,4-7H2,1H3,(H,17,19). The van der Waals surface area contributed by atoms with Gasteiger partial charge in [-0.05, 0) is 23.8 Å². The zero-order chi connectivity index (χ0) is 14.7. The largest absolute Gasteiger partial charge is 0.493 e. The molecule has 110 valence electrons. The average molecular weight is 287 g/mol. The third-order valence-corrected chi connectivity index (χ3v) is 3.37. The van der Waals surface area contributed by atoms with E-state index in [1.165, 1.54) is 0 Å². The number of amides is 1. The van der Waals surface area contributed by atoms with Gasteiger partial charge >= 0.3 is 0 Å². The molecule has 0 fully saturated rings. The number of hydrogen-bond acceptors (Lipinski definition) is 4. The molecule has 0 unspecified atom stereocenters. The Morgan fingerprint density at radius 3 is 3.29 bits per heavy atom. The third kappa shape index (κ3) is 3.05. The highest BCUT2D eigenvalue weighted by Gasteiger charge is 2.15. The molecule has 3 rings (SSSR count). The van der Waals surface area contributed by atoms with Crippen LogP contribution in [-0.2, 0) is 17.7 Å². The zero-order valence-corrected chi connectivity index (χ0v) is 11.8. The third-order valence-electron chi connectivity index (χ3n) is 3.37. The molecule has 1 aliphatic heterocycles. The lowest BCUT2D eigenvalue weighted by atomic mass is 10.1. The maximum Gasteiger partial charge on any atom is 0.255 e. The molecule has 0 spiro atoms. The Bertz CT molecular complexity index is 651. The van der Waals surface area contributed by atoms with Crippen LogP contribution in [0.1, 0.15) is 15.9 Å². The summed E-state index contributed by atoms with van der Waals surface area (Å²) in [6.07, 6.45) is 4.27. The van der Waals surface area contributed by atoms with Crippen molar-refractivity contribution in [1.29, 1.82) is 0 Å². The summed E-state index contributed by atoms with van der Waals surface area (Å²) >= 11 is 0. The number of benzene rings is 1. The van der Waals surface area contributed by atoms with Crippen molar-refractivity contribution in [2.45, 2.75) is 13.0 Å². The van der Waals surface area contributed by atoms with Crippen LogP contribution >= 0.6 is 0 Å². The summed E-state index contributed by atoms with van der Waals surface area (Å²) in [4.78, 5) is 12.2. The zero-order valence-electron chi connectivity index (χ0n) is 11.8. The van der Waals surface area contributed by atoms with Crippen LogP contribution in [0.3, 0.4) is 0 Å². The molecular weight excluding hydrogens is 270 g/mol. The molecule has 1 aliphatic rings. The second-order valence-electron chi connectivity index (χ2n) is 4.86. The Hall–Kier alpha value is -2.34. The molecule has 0 bridgehead atoms. The smallest absolute Gasteiger partial charge is 0.255 e. The van der Waals surface area contributed by atoms with Gasteiger partial charge in [0.2, 0.25) is 0 Å². The first-order valence-corrected chi connectivity index (χ1v) is 6.85. The van der Waals surface area contributed by atoms with E-state index in [0.29, 0.717) is 31.0 Å². The van der Waals surface area contributed by atoms with Crippen LogP contribution in [0.4, 0.5) is 5.69 Å². The van der Waals surface area contributed by atoms with Gasteiger partial charge in [0.1, 0.15) is 5.75 Å². The minimum atomic E-state index is -0.143. The van der Waals surface area contributed by atoms with E-state index >= 15 is 0 Å². The molecule has 1 aromatic heterocycles. The molecule has 2 heterocycles. The van der Waals surface area contributed by atoms with Crippen molar-refractivity contribution < 1.29 is 14.3 Å². The van der Waals surface area contributed by atoms with Crippen molar-refractivity contribution in [2.75, 3.05) is 25.6 Å². The maximum absolute atomic E-state index is 12.2. The van der Waals surface area contributed by atoms with Gasteiger partial charge in [0.15, 0.2) is 0 Å². The van der Waals surface area contributed by atoms with Gasteiger partial charge in [-0.1, -0.05) is 0 Å². The summed E-state index contributed by atoms with van der Waals surface area (Å²) < 4.78 is 12.2. The maximum atomic E-state index is 12.2. The van der Waals surface area contributed by atoms with Gasteiger partial charge in [-0.3, -0.25) is 9.48 Å². The molecule has 0 saturated carbocycles. The molecule has 0 saturated heterocycles. The molecule has 1 N–H and O–H groups in total. The Morgan fingerprint density at radius 2 is 2.43 bits per heavy atom. The number of aromatic nitrogens is 2. The van der Waals surface area contributed by atoms with E-state index in [4.69, 9.17) is 9.47 Å². The number of fused-ring (bicyclic) bond motifs is 1. The number of nitrogens with one attached hydrogen (secondary N) is 1. The van der Waals surface area contributed by atoms with Crippen molar-refractivity contribution >= 4 is 11.6 Å². The predicted octanol–water partition coefficient (Wildman–Crippen LogP) is 1.72. The second kappa shape index (κ2) is 5.97. The molecule has 21 heavy (non-hydrogen) atoms. The van der Waals surface area contributed by atoms with Crippen molar-refractivity contribution in [3.05, 3.63) is 41.7 Å². The van der Waals surface area contributed by atoms with Crippen molar-refractivity contribution in [2.24, 2.45) is 0 Å². The lowest BCUT2D eigenvalue weighted by Gasteiger charge is -2.04. The Balaban J connectivity index is 1.67. The van der Waals surface area contributed by atoms with E-state index in [1.807, 2.05) is 12.1 Å². The van der Waals surface area contributed by atoms with E-state index in [1.54, 1.807) is 30.3 Å². The summed E-state index contributed by atoms with van der Waals surface area (Å²) in [5.74, 6) is 0.731. The normalized spacial score (nSPS) is 12.8. The minimum absolute atomic E-state index is 0.143. The van der Waals surface area contributed by atoms with Gasteiger partial charge in [-0.25, -0.2) is 0 Å². The van der Waals surface area contributed by atoms with Gasteiger partial charge in [-0.2, -0.15) is 5.10 Å². The fraction of sp³-hybridized carbons (Fsp3) is 0.333. The van der Waals surface area contributed by atoms with E-state index in [9.17, 15) is 4.79 Å². The Labute approximate surface area is 122 Å². The minimum Gasteiger partial charge on any atom is -0.493 e. The summed E-state index contributed by atoms with van der Waals surface area (Å²) in [5.41, 5.74) is 2.38. The number of hydrogen-bond donors (Lipinski definition) is 1. The summed E-state index contributed by atoms with van der Waals surface area (Å²) in [6, 6.07) is 5.50.